The highest BCUT2D eigenvalue weighted by molar-refractivity contribution is 6.56. The van der Waals surface area contributed by atoms with Crippen molar-refractivity contribution in [1.82, 2.24) is 0 Å². The summed E-state index contributed by atoms with van der Waals surface area (Å²) in [6.07, 6.45) is 4.67. The quantitative estimate of drug-likeness (QED) is 0.406. The van der Waals surface area contributed by atoms with Crippen molar-refractivity contribution in [2.24, 2.45) is 0 Å². The van der Waals surface area contributed by atoms with Gasteiger partial charge >= 0.3 is 0 Å². The maximum Gasteiger partial charge on any atom is 0.286 e. The highest BCUT2D eigenvalue weighted by Gasteiger charge is 2.31. The van der Waals surface area contributed by atoms with E-state index in [1.54, 1.807) is 0 Å². The van der Waals surface area contributed by atoms with Crippen molar-refractivity contribution in [2.45, 2.75) is 83.5 Å². The van der Waals surface area contributed by atoms with Gasteiger partial charge in [-0.2, -0.15) is 0 Å². The molecule has 0 aromatic heterocycles. The van der Waals surface area contributed by atoms with E-state index in [9.17, 15) is 0 Å². The second kappa shape index (κ2) is 8.59. The van der Waals surface area contributed by atoms with E-state index in [1.165, 1.54) is 24.0 Å². The Labute approximate surface area is 158 Å². The van der Waals surface area contributed by atoms with Gasteiger partial charge < -0.3 is 8.85 Å². The Kier molecular flexibility index (Phi) is 6.97. The van der Waals surface area contributed by atoms with Gasteiger partial charge in [0.2, 0.25) is 0 Å². The summed E-state index contributed by atoms with van der Waals surface area (Å²) in [6, 6.07) is 7.66. The molecule has 1 saturated carbocycles. The van der Waals surface area contributed by atoms with E-state index >= 15 is 0 Å². The van der Waals surface area contributed by atoms with Crippen LogP contribution in [0.15, 0.2) is 30.4 Å². The van der Waals surface area contributed by atoms with Crippen LogP contribution in [0.25, 0.3) is 0 Å². The van der Waals surface area contributed by atoms with Crippen molar-refractivity contribution >= 4 is 18.1 Å². The number of allylic oxidation sites excluding steroid dienone is 1. The maximum atomic E-state index is 6.67. The maximum absolute atomic E-state index is 6.67. The molecule has 0 spiro atoms. The van der Waals surface area contributed by atoms with Gasteiger partial charge in [0.05, 0.1) is 0 Å². The fraction of sp³-hybridized carbons (Fsp3) is 0.619. The second-order valence-electron chi connectivity index (χ2n) is 8.36. The Morgan fingerprint density at radius 1 is 1.12 bits per heavy atom. The van der Waals surface area contributed by atoms with Crippen molar-refractivity contribution in [3.8, 4) is 11.5 Å². The molecule has 1 aliphatic rings. The average molecular weight is 375 g/mol. The third kappa shape index (κ3) is 5.75. The minimum atomic E-state index is -0.932. The van der Waals surface area contributed by atoms with Gasteiger partial charge in [0.25, 0.3) is 18.1 Å². The van der Waals surface area contributed by atoms with Crippen molar-refractivity contribution in [2.75, 3.05) is 0 Å². The summed E-state index contributed by atoms with van der Waals surface area (Å²) in [5, 5.41) is 0.221. The van der Waals surface area contributed by atoms with Crippen LogP contribution in [0.4, 0.5) is 0 Å². The summed E-state index contributed by atoms with van der Waals surface area (Å²) in [7, 11) is -1.70. The third-order valence-corrected chi connectivity index (χ3v) is 8.26. The van der Waals surface area contributed by atoms with Crippen molar-refractivity contribution in [1.29, 1.82) is 0 Å². The van der Waals surface area contributed by atoms with E-state index in [4.69, 9.17) is 8.85 Å². The first kappa shape index (κ1) is 20.3. The third-order valence-electron chi connectivity index (χ3n) is 4.83. The minimum absolute atomic E-state index is 0.221. The monoisotopic (exact) mass is 374 g/mol. The molecule has 0 amide bonds. The molecule has 0 saturated heterocycles. The molecule has 0 heterocycles. The lowest BCUT2D eigenvalue weighted by molar-refractivity contribution is 0.469. The van der Waals surface area contributed by atoms with E-state index in [0.717, 1.165) is 30.4 Å². The first-order valence-electron chi connectivity index (χ1n) is 9.53. The number of rotatable bonds is 6. The topological polar surface area (TPSA) is 18.5 Å². The Hall–Kier alpha value is -1.01. The van der Waals surface area contributed by atoms with Crippen LogP contribution in [0.2, 0.25) is 24.2 Å². The first-order chi connectivity index (χ1) is 11.7. The van der Waals surface area contributed by atoms with Crippen molar-refractivity contribution in [3.05, 3.63) is 35.9 Å². The summed E-state index contributed by atoms with van der Waals surface area (Å²) < 4.78 is 12.7. The van der Waals surface area contributed by atoms with E-state index in [2.05, 4.69) is 65.6 Å². The summed E-state index contributed by atoms with van der Waals surface area (Å²) >= 11 is 0. The van der Waals surface area contributed by atoms with Gasteiger partial charge in [0, 0.05) is 6.07 Å². The van der Waals surface area contributed by atoms with Crippen LogP contribution in [-0.2, 0) is 0 Å². The van der Waals surface area contributed by atoms with Crippen molar-refractivity contribution in [3.63, 3.8) is 0 Å². The highest BCUT2D eigenvalue weighted by atomic mass is 28.3. The summed E-state index contributed by atoms with van der Waals surface area (Å²) in [4.78, 5) is 0. The first-order valence-corrected chi connectivity index (χ1v) is 13.6. The average Bonchev–Trinajstić information content (AvgIpc) is 2.52. The van der Waals surface area contributed by atoms with Crippen LogP contribution >= 0.6 is 0 Å². The van der Waals surface area contributed by atoms with Gasteiger partial charge in [-0.05, 0) is 67.4 Å². The van der Waals surface area contributed by atoms with Crippen LogP contribution in [-0.4, -0.2) is 18.1 Å². The molecular formula is C21H34O2Si2. The Morgan fingerprint density at radius 3 is 2.28 bits per heavy atom. The lowest BCUT2D eigenvalue weighted by Crippen LogP contribution is -2.32. The van der Waals surface area contributed by atoms with Crippen LogP contribution in [0.1, 0.15) is 64.9 Å². The van der Waals surface area contributed by atoms with Gasteiger partial charge in [0.1, 0.15) is 11.5 Å². The van der Waals surface area contributed by atoms with Gasteiger partial charge in [0.15, 0.2) is 0 Å². The molecule has 4 heteroatoms. The van der Waals surface area contributed by atoms with Gasteiger partial charge in [-0.25, -0.2) is 0 Å². The van der Waals surface area contributed by atoms with E-state index < -0.39 is 18.1 Å². The summed E-state index contributed by atoms with van der Waals surface area (Å²) in [6.45, 7) is 17.7. The van der Waals surface area contributed by atoms with Crippen LogP contribution in [0.3, 0.4) is 0 Å². The molecule has 0 aliphatic heterocycles. The van der Waals surface area contributed by atoms with E-state index in [1.807, 2.05) is 0 Å². The molecule has 1 fully saturated rings. The molecule has 0 atom stereocenters. The lowest BCUT2D eigenvalue weighted by atomic mass is 9.82. The Morgan fingerprint density at radius 2 is 1.76 bits per heavy atom. The normalized spacial score (nSPS) is 16.6. The number of hydrogen-bond acceptors (Lipinski definition) is 2. The fourth-order valence-electron chi connectivity index (χ4n) is 3.46. The second-order valence-corrected chi connectivity index (χ2v) is 13.6. The smallest absolute Gasteiger partial charge is 0.286 e. The molecule has 138 valence electrons. The molecule has 0 N–H and O–H groups in total. The molecule has 2 nitrogen and oxygen atoms in total. The number of benzene rings is 1. The molecular weight excluding hydrogens is 340 g/mol. The molecule has 25 heavy (non-hydrogen) atoms. The highest BCUT2D eigenvalue weighted by Crippen LogP contribution is 2.42. The van der Waals surface area contributed by atoms with Gasteiger partial charge in [-0.15, -0.1) is 0 Å². The van der Waals surface area contributed by atoms with Crippen LogP contribution in [0.5, 0.6) is 11.5 Å². The molecule has 1 aromatic rings. The lowest BCUT2D eigenvalue weighted by Gasteiger charge is -2.31. The van der Waals surface area contributed by atoms with Gasteiger partial charge in [-0.1, -0.05) is 45.9 Å². The summed E-state index contributed by atoms with van der Waals surface area (Å²) in [5.41, 5.74) is 2.77. The minimum Gasteiger partial charge on any atom is -0.543 e. The molecule has 0 bridgehead atoms. The number of hydrogen-bond donors (Lipinski definition) is 0. The zero-order valence-corrected chi connectivity index (χ0v) is 18.9. The largest absolute Gasteiger partial charge is 0.543 e. The zero-order valence-electron chi connectivity index (χ0n) is 16.9. The van der Waals surface area contributed by atoms with Crippen LogP contribution < -0.4 is 8.85 Å². The van der Waals surface area contributed by atoms with Crippen molar-refractivity contribution < 1.29 is 8.85 Å². The molecule has 0 unspecified atom stereocenters. The molecule has 1 aromatic carbocycles. The van der Waals surface area contributed by atoms with E-state index in [0.29, 0.717) is 5.92 Å². The van der Waals surface area contributed by atoms with E-state index in [-0.39, 0.29) is 5.04 Å². The molecule has 2 rings (SSSR count). The van der Waals surface area contributed by atoms with Gasteiger partial charge in [-0.3, -0.25) is 0 Å². The molecule has 2 radical (unpaired) electrons. The van der Waals surface area contributed by atoms with Crippen LogP contribution in [0, 0.1) is 0 Å². The fourth-order valence-corrected chi connectivity index (χ4v) is 6.02. The molecule has 1 aliphatic carbocycles. The SMILES string of the molecule is C=C1CCC(c2ccc(O[Si](C)C)cc2O[Si](CC)C(C)(C)C)CC1. The predicted molar refractivity (Wildman–Crippen MR) is 111 cm³/mol. The standard InChI is InChI=1S/C21H34O2Si2/c1-8-25(21(3,4)5)23-20-15-18(22-24(6)7)13-14-19(20)17-11-9-16(2)10-12-17/h13-15,17H,2,8-12H2,1,3-7H3. The zero-order chi connectivity index (χ0) is 18.6. The Bertz CT molecular complexity index is 580. The Balaban J connectivity index is 2.32. The predicted octanol–water partition coefficient (Wildman–Crippen LogP) is 6.72. The summed E-state index contributed by atoms with van der Waals surface area (Å²) in [5.74, 6) is 2.62.